The normalized spacial score (nSPS) is 12.8. The van der Waals surface area contributed by atoms with Gasteiger partial charge in [-0.1, -0.05) is 47.0 Å². The molecule has 0 aliphatic rings. The highest BCUT2D eigenvalue weighted by atomic mass is 16.1. The Hall–Kier alpha value is -0.570. The fraction of sp³-hybridized carbons (Fsp3) is 0.923. The van der Waals surface area contributed by atoms with E-state index in [1.165, 1.54) is 12.8 Å². The van der Waals surface area contributed by atoms with E-state index in [1.54, 1.807) is 0 Å². The average molecular weight is 228 g/mol. The van der Waals surface area contributed by atoms with Gasteiger partial charge in [0.15, 0.2) is 0 Å². The summed E-state index contributed by atoms with van der Waals surface area (Å²) in [5.41, 5.74) is 0. The SMILES string of the molecule is CCCCC(CCC)NC(=O)CNC(C)C. The van der Waals surface area contributed by atoms with Crippen molar-refractivity contribution in [2.75, 3.05) is 6.54 Å². The Labute approximate surface area is 100 Å². The van der Waals surface area contributed by atoms with Gasteiger partial charge in [0.25, 0.3) is 0 Å². The first kappa shape index (κ1) is 15.4. The summed E-state index contributed by atoms with van der Waals surface area (Å²) >= 11 is 0. The number of nitrogens with one attached hydrogen (secondary N) is 2. The number of rotatable bonds is 9. The highest BCUT2D eigenvalue weighted by molar-refractivity contribution is 5.78. The van der Waals surface area contributed by atoms with Crippen molar-refractivity contribution >= 4 is 5.91 Å². The number of hydrogen-bond donors (Lipinski definition) is 2. The molecule has 0 aromatic carbocycles. The monoisotopic (exact) mass is 228 g/mol. The van der Waals surface area contributed by atoms with Crippen LogP contribution < -0.4 is 10.6 Å². The predicted octanol–water partition coefficient (Wildman–Crippen LogP) is 2.46. The molecule has 0 spiro atoms. The molecule has 1 atom stereocenters. The largest absolute Gasteiger partial charge is 0.352 e. The summed E-state index contributed by atoms with van der Waals surface area (Å²) < 4.78 is 0. The van der Waals surface area contributed by atoms with Gasteiger partial charge in [-0.25, -0.2) is 0 Å². The van der Waals surface area contributed by atoms with Crippen molar-refractivity contribution in [3.8, 4) is 0 Å². The molecule has 3 nitrogen and oxygen atoms in total. The fourth-order valence-electron chi connectivity index (χ4n) is 1.66. The van der Waals surface area contributed by atoms with E-state index in [-0.39, 0.29) is 5.91 Å². The van der Waals surface area contributed by atoms with Crippen LogP contribution in [-0.4, -0.2) is 24.5 Å². The van der Waals surface area contributed by atoms with Gasteiger partial charge in [-0.15, -0.1) is 0 Å². The summed E-state index contributed by atoms with van der Waals surface area (Å²) in [6.07, 6.45) is 5.72. The van der Waals surface area contributed by atoms with Gasteiger partial charge in [-0.05, 0) is 12.8 Å². The maximum absolute atomic E-state index is 11.6. The minimum Gasteiger partial charge on any atom is -0.352 e. The smallest absolute Gasteiger partial charge is 0.234 e. The molecule has 0 saturated heterocycles. The lowest BCUT2D eigenvalue weighted by Crippen LogP contribution is -2.42. The maximum atomic E-state index is 11.6. The van der Waals surface area contributed by atoms with Crippen LogP contribution in [0.4, 0.5) is 0 Å². The second kappa shape index (κ2) is 9.64. The summed E-state index contributed by atoms with van der Waals surface area (Å²) in [5, 5.41) is 6.24. The van der Waals surface area contributed by atoms with Gasteiger partial charge in [0.2, 0.25) is 5.91 Å². The Morgan fingerprint density at radius 1 is 1.12 bits per heavy atom. The van der Waals surface area contributed by atoms with Crippen molar-refractivity contribution in [3.05, 3.63) is 0 Å². The third-order valence-corrected chi connectivity index (χ3v) is 2.58. The van der Waals surface area contributed by atoms with E-state index in [0.717, 1.165) is 19.3 Å². The van der Waals surface area contributed by atoms with Gasteiger partial charge in [-0.3, -0.25) is 4.79 Å². The zero-order valence-corrected chi connectivity index (χ0v) is 11.3. The Morgan fingerprint density at radius 3 is 2.31 bits per heavy atom. The van der Waals surface area contributed by atoms with Crippen molar-refractivity contribution < 1.29 is 4.79 Å². The molecule has 96 valence electrons. The Balaban J connectivity index is 3.82. The van der Waals surface area contributed by atoms with Crippen LogP contribution in [0.2, 0.25) is 0 Å². The minimum absolute atomic E-state index is 0.128. The molecule has 0 saturated carbocycles. The van der Waals surface area contributed by atoms with Crippen molar-refractivity contribution in [2.24, 2.45) is 0 Å². The fourth-order valence-corrected chi connectivity index (χ4v) is 1.66. The summed E-state index contributed by atoms with van der Waals surface area (Å²) in [4.78, 5) is 11.6. The van der Waals surface area contributed by atoms with Crippen LogP contribution >= 0.6 is 0 Å². The molecule has 3 heteroatoms. The first-order valence-corrected chi connectivity index (χ1v) is 6.62. The second-order valence-electron chi connectivity index (χ2n) is 4.73. The lowest BCUT2D eigenvalue weighted by Gasteiger charge is -2.18. The number of unbranched alkanes of at least 4 members (excludes halogenated alkanes) is 1. The Morgan fingerprint density at radius 2 is 1.81 bits per heavy atom. The third kappa shape index (κ3) is 8.72. The molecule has 1 amide bonds. The van der Waals surface area contributed by atoms with Crippen LogP contribution in [0.5, 0.6) is 0 Å². The van der Waals surface area contributed by atoms with E-state index in [4.69, 9.17) is 0 Å². The van der Waals surface area contributed by atoms with E-state index >= 15 is 0 Å². The molecule has 2 N–H and O–H groups in total. The maximum Gasteiger partial charge on any atom is 0.234 e. The molecule has 0 aliphatic heterocycles. The van der Waals surface area contributed by atoms with Crippen LogP contribution in [0.3, 0.4) is 0 Å². The first-order valence-electron chi connectivity index (χ1n) is 6.62. The molecule has 0 rings (SSSR count). The molecule has 0 aromatic heterocycles. The van der Waals surface area contributed by atoms with Crippen LogP contribution in [-0.2, 0) is 4.79 Å². The topological polar surface area (TPSA) is 41.1 Å². The number of amides is 1. The molecule has 0 bridgehead atoms. The van der Waals surface area contributed by atoms with E-state index in [9.17, 15) is 4.79 Å². The zero-order valence-electron chi connectivity index (χ0n) is 11.3. The molecule has 0 fully saturated rings. The quantitative estimate of drug-likeness (QED) is 0.636. The third-order valence-electron chi connectivity index (χ3n) is 2.58. The van der Waals surface area contributed by atoms with E-state index < -0.39 is 0 Å². The summed E-state index contributed by atoms with van der Waals surface area (Å²) in [5.74, 6) is 0.128. The van der Waals surface area contributed by atoms with Crippen LogP contribution in [0.15, 0.2) is 0 Å². The Kier molecular flexibility index (Phi) is 9.30. The molecular formula is C13H28N2O. The van der Waals surface area contributed by atoms with Gasteiger partial charge in [0.05, 0.1) is 6.54 Å². The lowest BCUT2D eigenvalue weighted by molar-refractivity contribution is -0.121. The van der Waals surface area contributed by atoms with Crippen LogP contribution in [0, 0.1) is 0 Å². The standard InChI is InChI=1S/C13H28N2O/c1-5-7-9-12(8-6-2)15-13(16)10-14-11(3)4/h11-12,14H,5-10H2,1-4H3,(H,15,16). The van der Waals surface area contributed by atoms with Crippen molar-refractivity contribution in [2.45, 2.75) is 71.9 Å². The summed E-state index contributed by atoms with van der Waals surface area (Å²) in [6.45, 7) is 8.88. The second-order valence-corrected chi connectivity index (χ2v) is 4.73. The number of hydrogen-bond acceptors (Lipinski definition) is 2. The van der Waals surface area contributed by atoms with E-state index in [2.05, 4.69) is 24.5 Å². The Bertz CT molecular complexity index is 181. The first-order chi connectivity index (χ1) is 7.60. The lowest BCUT2D eigenvalue weighted by atomic mass is 10.1. The molecule has 16 heavy (non-hydrogen) atoms. The van der Waals surface area contributed by atoms with Crippen molar-refractivity contribution in [1.82, 2.24) is 10.6 Å². The van der Waals surface area contributed by atoms with Gasteiger partial charge >= 0.3 is 0 Å². The van der Waals surface area contributed by atoms with Gasteiger partial charge in [0, 0.05) is 12.1 Å². The van der Waals surface area contributed by atoms with Gasteiger partial charge in [0.1, 0.15) is 0 Å². The van der Waals surface area contributed by atoms with Crippen molar-refractivity contribution in [1.29, 1.82) is 0 Å². The predicted molar refractivity (Wildman–Crippen MR) is 69.5 cm³/mol. The molecule has 0 heterocycles. The average Bonchev–Trinajstić information content (AvgIpc) is 2.23. The molecular weight excluding hydrogens is 200 g/mol. The molecule has 0 radical (unpaired) electrons. The van der Waals surface area contributed by atoms with Gasteiger partial charge < -0.3 is 10.6 Å². The summed E-state index contributed by atoms with van der Waals surface area (Å²) in [6, 6.07) is 0.734. The van der Waals surface area contributed by atoms with E-state index in [1.807, 2.05) is 13.8 Å². The van der Waals surface area contributed by atoms with Crippen LogP contribution in [0.25, 0.3) is 0 Å². The minimum atomic E-state index is 0.128. The number of carbonyl (C=O) groups excluding carboxylic acids is 1. The summed E-state index contributed by atoms with van der Waals surface area (Å²) in [7, 11) is 0. The highest BCUT2D eigenvalue weighted by Crippen LogP contribution is 2.06. The van der Waals surface area contributed by atoms with Crippen molar-refractivity contribution in [3.63, 3.8) is 0 Å². The van der Waals surface area contributed by atoms with E-state index in [0.29, 0.717) is 18.6 Å². The molecule has 0 aliphatic carbocycles. The van der Waals surface area contributed by atoms with Gasteiger partial charge in [-0.2, -0.15) is 0 Å². The number of carbonyl (C=O) groups is 1. The zero-order chi connectivity index (χ0) is 12.4. The molecule has 1 unspecified atom stereocenters. The molecule has 0 aromatic rings. The highest BCUT2D eigenvalue weighted by Gasteiger charge is 2.10. The van der Waals surface area contributed by atoms with Crippen LogP contribution in [0.1, 0.15) is 59.8 Å².